The molecule has 0 aromatic heterocycles. The molecule has 0 bridgehead atoms. The molecule has 32 heavy (non-hydrogen) atoms. The Morgan fingerprint density at radius 2 is 1.81 bits per heavy atom. The molecule has 3 rings (SSSR count). The first-order chi connectivity index (χ1) is 15.4. The molecular formula is C22H27N3O6S. The van der Waals surface area contributed by atoms with Crippen molar-refractivity contribution < 1.29 is 27.5 Å². The van der Waals surface area contributed by atoms with Crippen molar-refractivity contribution in [2.75, 3.05) is 33.9 Å². The maximum Gasteiger partial charge on any atom is 0.328 e. The summed E-state index contributed by atoms with van der Waals surface area (Å²) in [5.74, 6) is -0.515. The van der Waals surface area contributed by atoms with Crippen molar-refractivity contribution in [1.29, 1.82) is 0 Å². The Morgan fingerprint density at radius 1 is 1.12 bits per heavy atom. The lowest BCUT2D eigenvalue weighted by atomic mass is 10.0. The van der Waals surface area contributed by atoms with Crippen LogP contribution >= 0.6 is 0 Å². The van der Waals surface area contributed by atoms with Crippen molar-refractivity contribution in [2.45, 2.75) is 23.4 Å². The number of hydrogen-bond acceptors (Lipinski definition) is 7. The van der Waals surface area contributed by atoms with Crippen LogP contribution < -0.4 is 15.4 Å². The van der Waals surface area contributed by atoms with E-state index in [9.17, 15) is 18.0 Å². The fraction of sp³-hybridized carbons (Fsp3) is 0.364. The van der Waals surface area contributed by atoms with Crippen LogP contribution in [-0.4, -0.2) is 70.5 Å². The van der Waals surface area contributed by atoms with Gasteiger partial charge >= 0.3 is 5.97 Å². The van der Waals surface area contributed by atoms with Crippen molar-refractivity contribution in [2.24, 2.45) is 0 Å². The third kappa shape index (κ3) is 5.45. The van der Waals surface area contributed by atoms with E-state index in [4.69, 9.17) is 9.47 Å². The van der Waals surface area contributed by atoms with Gasteiger partial charge in [-0.05, 0) is 29.8 Å². The third-order valence-corrected chi connectivity index (χ3v) is 7.17. The van der Waals surface area contributed by atoms with Crippen molar-refractivity contribution in [3.05, 3.63) is 60.2 Å². The van der Waals surface area contributed by atoms with Crippen LogP contribution in [0.3, 0.4) is 0 Å². The molecule has 10 heteroatoms. The zero-order chi connectivity index (χ0) is 23.1. The van der Waals surface area contributed by atoms with Crippen LogP contribution in [0.15, 0.2) is 59.5 Å². The molecule has 172 valence electrons. The van der Waals surface area contributed by atoms with Gasteiger partial charge in [-0.1, -0.05) is 30.3 Å². The molecule has 0 aliphatic carbocycles. The van der Waals surface area contributed by atoms with E-state index >= 15 is 0 Å². The van der Waals surface area contributed by atoms with Crippen LogP contribution in [0.5, 0.6) is 5.75 Å². The number of hydrogen-bond donors (Lipinski definition) is 2. The minimum absolute atomic E-state index is 0.113. The molecule has 2 aromatic rings. The lowest BCUT2D eigenvalue weighted by molar-refractivity contribution is -0.145. The second-order valence-corrected chi connectivity index (χ2v) is 9.18. The van der Waals surface area contributed by atoms with Crippen LogP contribution in [0.1, 0.15) is 5.56 Å². The summed E-state index contributed by atoms with van der Waals surface area (Å²) < 4.78 is 37.5. The predicted octanol–water partition coefficient (Wildman–Crippen LogP) is 0.558. The summed E-state index contributed by atoms with van der Waals surface area (Å²) in [6, 6.07) is 13.1. The highest BCUT2D eigenvalue weighted by molar-refractivity contribution is 7.89. The monoisotopic (exact) mass is 461 g/mol. The normalized spacial score (nSPS) is 17.9. The van der Waals surface area contributed by atoms with Crippen LogP contribution in [0.2, 0.25) is 0 Å². The summed E-state index contributed by atoms with van der Waals surface area (Å²) in [4.78, 5) is 25.6. The molecule has 2 aromatic carbocycles. The number of piperazine rings is 1. The van der Waals surface area contributed by atoms with Gasteiger partial charge < -0.3 is 20.1 Å². The molecular weight excluding hydrogens is 434 g/mol. The Bertz CT molecular complexity index is 1030. The van der Waals surface area contributed by atoms with Gasteiger partial charge in [-0.2, -0.15) is 4.31 Å². The van der Waals surface area contributed by atoms with Crippen molar-refractivity contribution in [3.8, 4) is 5.75 Å². The highest BCUT2D eigenvalue weighted by atomic mass is 32.2. The SMILES string of the molecule is COC(=O)[C@H](Cc1ccc(OC)cc1)NC(=O)[C@H]1CNCCN1S(=O)(=O)c1ccccc1. The maximum absolute atomic E-state index is 13.1. The van der Waals surface area contributed by atoms with Crippen LogP contribution in [0, 0.1) is 0 Å². The molecule has 9 nitrogen and oxygen atoms in total. The number of rotatable bonds is 8. The van der Waals surface area contributed by atoms with E-state index in [1.165, 1.54) is 23.5 Å². The van der Waals surface area contributed by atoms with Crippen LogP contribution in [0.25, 0.3) is 0 Å². The fourth-order valence-electron chi connectivity index (χ4n) is 3.53. The average Bonchev–Trinajstić information content (AvgIpc) is 2.84. The molecule has 1 amide bonds. The second-order valence-electron chi connectivity index (χ2n) is 7.29. The van der Waals surface area contributed by atoms with E-state index in [-0.39, 0.29) is 24.4 Å². The van der Waals surface area contributed by atoms with Gasteiger partial charge in [0, 0.05) is 26.1 Å². The topological polar surface area (TPSA) is 114 Å². The van der Waals surface area contributed by atoms with Gasteiger partial charge in [-0.25, -0.2) is 13.2 Å². The minimum atomic E-state index is -3.88. The van der Waals surface area contributed by atoms with Gasteiger partial charge in [-0.3, -0.25) is 4.79 Å². The standard InChI is InChI=1S/C22H27N3O6S/c1-30-17-10-8-16(9-11-17)14-19(22(27)31-2)24-21(26)20-15-23-12-13-25(20)32(28,29)18-6-4-3-5-7-18/h3-11,19-20,23H,12-15H2,1-2H3,(H,24,26)/t19-,20+/m0/s1. The van der Waals surface area contributed by atoms with Gasteiger partial charge in [0.25, 0.3) is 0 Å². The molecule has 0 saturated carbocycles. The van der Waals surface area contributed by atoms with E-state index < -0.39 is 34.0 Å². The molecule has 1 aliphatic heterocycles. The van der Waals surface area contributed by atoms with E-state index in [0.717, 1.165) is 5.56 Å². The number of sulfonamides is 1. The quantitative estimate of drug-likeness (QED) is 0.552. The molecule has 1 heterocycles. The minimum Gasteiger partial charge on any atom is -0.497 e. The number of nitrogens with zero attached hydrogens (tertiary/aromatic N) is 1. The third-order valence-electron chi connectivity index (χ3n) is 5.25. The molecule has 1 aliphatic rings. The lowest BCUT2D eigenvalue weighted by Gasteiger charge is -2.34. The second kappa shape index (κ2) is 10.6. The smallest absolute Gasteiger partial charge is 0.328 e. The summed E-state index contributed by atoms with van der Waals surface area (Å²) in [7, 11) is -1.09. The Kier molecular flexibility index (Phi) is 7.84. The number of benzene rings is 2. The number of nitrogens with one attached hydrogen (secondary N) is 2. The fourth-order valence-corrected chi connectivity index (χ4v) is 5.13. The summed E-state index contributed by atoms with van der Waals surface area (Å²) in [6.45, 7) is 0.688. The van der Waals surface area contributed by atoms with E-state index in [0.29, 0.717) is 12.3 Å². The number of methoxy groups -OCH3 is 2. The van der Waals surface area contributed by atoms with Crippen LogP contribution in [-0.2, 0) is 30.8 Å². The average molecular weight is 462 g/mol. The first kappa shape index (κ1) is 23.7. The van der Waals surface area contributed by atoms with Gasteiger partial charge in [0.2, 0.25) is 15.9 Å². The van der Waals surface area contributed by atoms with Gasteiger partial charge in [0.1, 0.15) is 17.8 Å². The first-order valence-electron chi connectivity index (χ1n) is 10.2. The first-order valence-corrected chi connectivity index (χ1v) is 11.6. The Hall–Kier alpha value is -2.95. The Labute approximate surface area is 187 Å². The maximum atomic E-state index is 13.1. The zero-order valence-electron chi connectivity index (χ0n) is 18.0. The van der Waals surface area contributed by atoms with E-state index in [1.54, 1.807) is 49.6 Å². The molecule has 0 radical (unpaired) electrons. The van der Waals surface area contributed by atoms with Crippen LogP contribution in [0.4, 0.5) is 0 Å². The number of esters is 1. The lowest BCUT2D eigenvalue weighted by Crippen LogP contribution is -2.61. The van der Waals surface area contributed by atoms with Crippen molar-refractivity contribution in [3.63, 3.8) is 0 Å². The summed E-state index contributed by atoms with van der Waals surface area (Å²) in [6.07, 6.45) is 0.188. The number of carbonyl (C=O) groups is 2. The molecule has 0 unspecified atom stereocenters. The number of ether oxygens (including phenoxy) is 2. The summed E-state index contributed by atoms with van der Waals surface area (Å²) in [5.41, 5.74) is 0.789. The highest BCUT2D eigenvalue weighted by Crippen LogP contribution is 2.20. The molecule has 2 N–H and O–H groups in total. The van der Waals surface area contributed by atoms with Gasteiger partial charge in [-0.15, -0.1) is 0 Å². The largest absolute Gasteiger partial charge is 0.497 e. The number of carbonyl (C=O) groups excluding carboxylic acids is 2. The van der Waals surface area contributed by atoms with Crippen molar-refractivity contribution >= 4 is 21.9 Å². The molecule has 2 atom stereocenters. The summed E-state index contributed by atoms with van der Waals surface area (Å²) >= 11 is 0. The Balaban J connectivity index is 1.79. The van der Waals surface area contributed by atoms with E-state index in [1.807, 2.05) is 0 Å². The van der Waals surface area contributed by atoms with Gasteiger partial charge in [0.15, 0.2) is 0 Å². The Morgan fingerprint density at radius 3 is 2.44 bits per heavy atom. The number of amides is 1. The summed E-state index contributed by atoms with van der Waals surface area (Å²) in [5, 5.41) is 5.73. The molecule has 1 fully saturated rings. The predicted molar refractivity (Wildman–Crippen MR) is 118 cm³/mol. The molecule has 0 spiro atoms. The van der Waals surface area contributed by atoms with Gasteiger partial charge in [0.05, 0.1) is 19.1 Å². The molecule has 1 saturated heterocycles. The van der Waals surface area contributed by atoms with E-state index in [2.05, 4.69) is 10.6 Å². The zero-order valence-corrected chi connectivity index (χ0v) is 18.8. The van der Waals surface area contributed by atoms with Crippen molar-refractivity contribution in [1.82, 2.24) is 14.9 Å². The highest BCUT2D eigenvalue weighted by Gasteiger charge is 2.39.